The Labute approximate surface area is 142 Å². The van der Waals surface area contributed by atoms with E-state index in [1.807, 2.05) is 29.2 Å². The molecule has 0 spiro atoms. The zero-order valence-electron chi connectivity index (χ0n) is 14.7. The fourth-order valence-corrected chi connectivity index (χ4v) is 2.84. The standard InChI is InChI=1S/C19H24N2O3/c1-12(2)13(3)21(14-9-10-14)19(22)16-11-18(24-20-16)15-7-5-6-8-17(15)23-4/h5-8,11-14H,9-10H2,1-4H3. The molecule has 1 aromatic heterocycles. The summed E-state index contributed by atoms with van der Waals surface area (Å²) in [7, 11) is 1.61. The average Bonchev–Trinajstić information content (AvgIpc) is 3.29. The minimum absolute atomic E-state index is 0.0522. The molecule has 1 saturated carbocycles. The van der Waals surface area contributed by atoms with Gasteiger partial charge >= 0.3 is 0 Å². The van der Waals surface area contributed by atoms with Gasteiger partial charge in [-0.15, -0.1) is 0 Å². The highest BCUT2D eigenvalue weighted by Crippen LogP contribution is 2.34. The summed E-state index contributed by atoms with van der Waals surface area (Å²) in [5, 5.41) is 4.02. The SMILES string of the molecule is COc1ccccc1-c1cc(C(=O)N(C2CC2)C(C)C(C)C)no1. The molecule has 128 valence electrons. The molecule has 5 heteroatoms. The number of hydrogen-bond donors (Lipinski definition) is 0. The highest BCUT2D eigenvalue weighted by Gasteiger charge is 2.38. The second-order valence-electron chi connectivity index (χ2n) is 6.70. The summed E-state index contributed by atoms with van der Waals surface area (Å²) in [6, 6.07) is 9.77. The van der Waals surface area contributed by atoms with E-state index in [1.54, 1.807) is 13.2 Å². The molecule has 24 heavy (non-hydrogen) atoms. The second-order valence-corrected chi connectivity index (χ2v) is 6.70. The smallest absolute Gasteiger partial charge is 0.276 e. The van der Waals surface area contributed by atoms with E-state index in [1.165, 1.54) is 0 Å². The lowest BCUT2D eigenvalue weighted by Gasteiger charge is -2.31. The van der Waals surface area contributed by atoms with E-state index in [4.69, 9.17) is 9.26 Å². The highest BCUT2D eigenvalue weighted by molar-refractivity contribution is 5.94. The first kappa shape index (κ1) is 16.6. The van der Waals surface area contributed by atoms with Gasteiger partial charge in [-0.3, -0.25) is 4.79 Å². The first-order valence-electron chi connectivity index (χ1n) is 8.45. The third kappa shape index (κ3) is 3.16. The molecule has 2 aromatic rings. The third-order valence-corrected chi connectivity index (χ3v) is 4.68. The van der Waals surface area contributed by atoms with Crippen molar-refractivity contribution in [3.8, 4) is 17.1 Å². The molecule has 0 N–H and O–H groups in total. The van der Waals surface area contributed by atoms with Crippen LogP contribution in [0.15, 0.2) is 34.9 Å². The van der Waals surface area contributed by atoms with Gasteiger partial charge in [-0.25, -0.2) is 0 Å². The van der Waals surface area contributed by atoms with Gasteiger partial charge < -0.3 is 14.2 Å². The summed E-state index contributed by atoms with van der Waals surface area (Å²) in [6.07, 6.45) is 2.14. The minimum atomic E-state index is -0.0522. The van der Waals surface area contributed by atoms with Gasteiger partial charge in [0.15, 0.2) is 11.5 Å². The van der Waals surface area contributed by atoms with Crippen molar-refractivity contribution in [1.29, 1.82) is 0 Å². The van der Waals surface area contributed by atoms with Crippen molar-refractivity contribution in [3.05, 3.63) is 36.0 Å². The Morgan fingerprint density at radius 2 is 2.00 bits per heavy atom. The Hall–Kier alpha value is -2.30. The van der Waals surface area contributed by atoms with Crippen LogP contribution in [0.1, 0.15) is 44.1 Å². The molecule has 5 nitrogen and oxygen atoms in total. The molecule has 0 saturated heterocycles. The van der Waals surface area contributed by atoms with Crippen molar-refractivity contribution in [2.45, 2.75) is 45.7 Å². The number of amides is 1. The molecule has 0 radical (unpaired) electrons. The van der Waals surface area contributed by atoms with Crippen molar-refractivity contribution in [3.63, 3.8) is 0 Å². The van der Waals surface area contributed by atoms with Crippen molar-refractivity contribution < 1.29 is 14.1 Å². The van der Waals surface area contributed by atoms with Crippen LogP contribution < -0.4 is 4.74 Å². The van der Waals surface area contributed by atoms with Crippen LogP contribution in [-0.2, 0) is 0 Å². The lowest BCUT2D eigenvalue weighted by Crippen LogP contribution is -2.43. The van der Waals surface area contributed by atoms with Crippen LogP contribution in [0.25, 0.3) is 11.3 Å². The lowest BCUT2D eigenvalue weighted by molar-refractivity contribution is 0.0617. The zero-order valence-corrected chi connectivity index (χ0v) is 14.7. The summed E-state index contributed by atoms with van der Waals surface area (Å²) >= 11 is 0. The van der Waals surface area contributed by atoms with Gasteiger partial charge in [-0.1, -0.05) is 31.1 Å². The highest BCUT2D eigenvalue weighted by atomic mass is 16.5. The average molecular weight is 328 g/mol. The molecule has 3 rings (SSSR count). The molecule has 1 aromatic carbocycles. The van der Waals surface area contributed by atoms with Crippen LogP contribution in [0.3, 0.4) is 0 Å². The summed E-state index contributed by atoms with van der Waals surface area (Å²) in [5.41, 5.74) is 1.15. The molecule has 1 amide bonds. The topological polar surface area (TPSA) is 55.6 Å². The van der Waals surface area contributed by atoms with Crippen molar-refractivity contribution in [1.82, 2.24) is 10.1 Å². The van der Waals surface area contributed by atoms with Gasteiger partial charge in [-0.05, 0) is 37.8 Å². The normalized spacial score (nSPS) is 15.4. The van der Waals surface area contributed by atoms with Gasteiger partial charge in [0, 0.05) is 18.2 Å². The van der Waals surface area contributed by atoms with E-state index in [0.29, 0.717) is 29.2 Å². The molecule has 1 heterocycles. The summed E-state index contributed by atoms with van der Waals surface area (Å²) in [4.78, 5) is 14.9. The first-order chi connectivity index (χ1) is 11.5. The van der Waals surface area contributed by atoms with E-state index < -0.39 is 0 Å². The number of benzene rings is 1. The molecule has 1 atom stereocenters. The zero-order chi connectivity index (χ0) is 17.3. The van der Waals surface area contributed by atoms with Crippen LogP contribution in [0, 0.1) is 5.92 Å². The maximum Gasteiger partial charge on any atom is 0.276 e. The molecule has 1 aliphatic rings. The number of rotatable bonds is 6. The number of ether oxygens (including phenoxy) is 1. The molecule has 0 bridgehead atoms. The fourth-order valence-electron chi connectivity index (χ4n) is 2.84. The van der Waals surface area contributed by atoms with Gasteiger partial charge in [-0.2, -0.15) is 0 Å². The number of methoxy groups -OCH3 is 1. The predicted molar refractivity (Wildman–Crippen MR) is 92.0 cm³/mol. The van der Waals surface area contributed by atoms with E-state index in [9.17, 15) is 4.79 Å². The Morgan fingerprint density at radius 1 is 1.29 bits per heavy atom. The van der Waals surface area contributed by atoms with Crippen LogP contribution in [-0.4, -0.2) is 35.2 Å². The number of para-hydroxylation sites is 1. The van der Waals surface area contributed by atoms with Crippen molar-refractivity contribution in [2.75, 3.05) is 7.11 Å². The van der Waals surface area contributed by atoms with E-state index in [-0.39, 0.29) is 11.9 Å². The van der Waals surface area contributed by atoms with E-state index in [2.05, 4.69) is 25.9 Å². The molecular formula is C19H24N2O3. The molecule has 1 fully saturated rings. The Morgan fingerprint density at radius 3 is 2.62 bits per heavy atom. The third-order valence-electron chi connectivity index (χ3n) is 4.68. The molecule has 0 aliphatic heterocycles. The van der Waals surface area contributed by atoms with Crippen LogP contribution in [0.2, 0.25) is 0 Å². The Bertz CT molecular complexity index is 719. The van der Waals surface area contributed by atoms with Crippen LogP contribution in [0.4, 0.5) is 0 Å². The fraction of sp³-hybridized carbons (Fsp3) is 0.474. The molecule has 1 aliphatic carbocycles. The van der Waals surface area contributed by atoms with Gasteiger partial charge in [0.1, 0.15) is 5.75 Å². The largest absolute Gasteiger partial charge is 0.496 e. The summed E-state index contributed by atoms with van der Waals surface area (Å²) in [5.74, 6) is 1.59. The monoisotopic (exact) mass is 328 g/mol. The van der Waals surface area contributed by atoms with Crippen molar-refractivity contribution in [2.24, 2.45) is 5.92 Å². The summed E-state index contributed by atoms with van der Waals surface area (Å²) < 4.78 is 10.8. The second kappa shape index (κ2) is 6.67. The number of carbonyl (C=O) groups excluding carboxylic acids is 1. The maximum atomic E-state index is 12.9. The van der Waals surface area contributed by atoms with Crippen LogP contribution in [0.5, 0.6) is 5.75 Å². The quantitative estimate of drug-likeness (QED) is 0.804. The van der Waals surface area contributed by atoms with Gasteiger partial charge in [0.25, 0.3) is 5.91 Å². The number of aromatic nitrogens is 1. The molecule has 1 unspecified atom stereocenters. The van der Waals surface area contributed by atoms with Crippen LogP contribution >= 0.6 is 0 Å². The number of nitrogens with zero attached hydrogens (tertiary/aromatic N) is 2. The van der Waals surface area contributed by atoms with E-state index >= 15 is 0 Å². The number of hydrogen-bond acceptors (Lipinski definition) is 4. The maximum absolute atomic E-state index is 12.9. The lowest BCUT2D eigenvalue weighted by atomic mass is 10.0. The van der Waals surface area contributed by atoms with Gasteiger partial charge in [0.2, 0.25) is 0 Å². The first-order valence-corrected chi connectivity index (χ1v) is 8.45. The predicted octanol–water partition coefficient (Wildman–Crippen LogP) is 4.00. The van der Waals surface area contributed by atoms with Crippen molar-refractivity contribution >= 4 is 5.91 Å². The van der Waals surface area contributed by atoms with E-state index in [0.717, 1.165) is 18.4 Å². The van der Waals surface area contributed by atoms with Gasteiger partial charge in [0.05, 0.1) is 12.7 Å². The Balaban J connectivity index is 1.88. The summed E-state index contributed by atoms with van der Waals surface area (Å²) in [6.45, 7) is 6.37. The number of carbonyl (C=O) groups is 1. The minimum Gasteiger partial charge on any atom is -0.496 e. The Kier molecular flexibility index (Phi) is 4.60. The molecular weight excluding hydrogens is 304 g/mol.